The van der Waals surface area contributed by atoms with Gasteiger partial charge in [0.2, 0.25) is 0 Å². The van der Waals surface area contributed by atoms with Gasteiger partial charge in [-0.1, -0.05) is 45.0 Å². The average Bonchev–Trinajstić information content (AvgIpc) is 3.16. The Labute approximate surface area is 173 Å². The fourth-order valence-corrected chi connectivity index (χ4v) is 3.32. The van der Waals surface area contributed by atoms with E-state index in [-0.39, 0.29) is 30.3 Å². The molecule has 1 saturated heterocycles. The van der Waals surface area contributed by atoms with Crippen LogP contribution in [0.2, 0.25) is 0 Å². The van der Waals surface area contributed by atoms with Crippen LogP contribution in [0, 0.1) is 0 Å². The number of carbonyl (C=O) groups excluding carboxylic acids is 1. The molecule has 1 aromatic carbocycles. The maximum Gasteiger partial charge on any atom is 0.271 e. The standard InChI is InChI=1S/C21H30N4O2.ClH/c1-21(2,3)16-8-6-15(7-9-16)19(26)14-23-20(27)18-10-12-25(24-18)17-5-4-11-22-13-17;/h6-10,12,17,19,22,26H,4-5,11,13-14H2,1-3H3,(H,23,27);1H. The van der Waals surface area contributed by atoms with Gasteiger partial charge in [0.1, 0.15) is 5.69 Å². The molecule has 6 nitrogen and oxygen atoms in total. The van der Waals surface area contributed by atoms with Crippen LogP contribution in [-0.4, -0.2) is 40.4 Å². The average molecular weight is 407 g/mol. The molecule has 154 valence electrons. The summed E-state index contributed by atoms with van der Waals surface area (Å²) >= 11 is 0. The Hall–Kier alpha value is -1.89. The molecule has 1 aliphatic heterocycles. The Balaban J connectivity index is 0.00000280. The number of amides is 1. The topological polar surface area (TPSA) is 79.2 Å². The van der Waals surface area contributed by atoms with E-state index in [2.05, 4.69) is 36.5 Å². The SMILES string of the molecule is CC(C)(C)c1ccc(C(O)CNC(=O)c2ccn(C3CCCNC3)n2)cc1.Cl. The number of aliphatic hydroxyl groups is 1. The van der Waals surface area contributed by atoms with Crippen LogP contribution in [0.25, 0.3) is 0 Å². The summed E-state index contributed by atoms with van der Waals surface area (Å²) in [7, 11) is 0. The van der Waals surface area contributed by atoms with Crippen molar-refractivity contribution in [2.75, 3.05) is 19.6 Å². The van der Waals surface area contributed by atoms with Crippen LogP contribution < -0.4 is 10.6 Å². The van der Waals surface area contributed by atoms with Gasteiger partial charge in [0.15, 0.2) is 0 Å². The summed E-state index contributed by atoms with van der Waals surface area (Å²) in [6.45, 7) is 8.54. The smallest absolute Gasteiger partial charge is 0.271 e. The van der Waals surface area contributed by atoms with Crippen molar-refractivity contribution in [1.29, 1.82) is 0 Å². The number of halogens is 1. The number of hydrogen-bond donors (Lipinski definition) is 3. The molecule has 0 saturated carbocycles. The predicted octanol–water partition coefficient (Wildman–Crippen LogP) is 2.99. The maximum atomic E-state index is 12.3. The summed E-state index contributed by atoms with van der Waals surface area (Å²) in [5.41, 5.74) is 2.47. The number of nitrogens with one attached hydrogen (secondary N) is 2. The first-order valence-corrected chi connectivity index (χ1v) is 9.67. The molecule has 2 heterocycles. The van der Waals surface area contributed by atoms with E-state index in [0.717, 1.165) is 31.5 Å². The molecule has 0 aliphatic carbocycles. The molecule has 3 rings (SSSR count). The predicted molar refractivity (Wildman–Crippen MR) is 113 cm³/mol. The Bertz CT molecular complexity index is 761. The summed E-state index contributed by atoms with van der Waals surface area (Å²) in [5.74, 6) is -0.261. The molecule has 2 aromatic rings. The van der Waals surface area contributed by atoms with Crippen molar-refractivity contribution in [1.82, 2.24) is 20.4 Å². The quantitative estimate of drug-likeness (QED) is 0.713. The Morgan fingerprint density at radius 2 is 2.04 bits per heavy atom. The van der Waals surface area contributed by atoms with Crippen molar-refractivity contribution in [3.63, 3.8) is 0 Å². The van der Waals surface area contributed by atoms with Crippen molar-refractivity contribution < 1.29 is 9.90 Å². The summed E-state index contributed by atoms with van der Waals surface area (Å²) in [6.07, 6.45) is 3.30. The van der Waals surface area contributed by atoms with Gasteiger partial charge in [-0.05, 0) is 42.0 Å². The van der Waals surface area contributed by atoms with E-state index in [1.165, 1.54) is 5.56 Å². The lowest BCUT2D eigenvalue weighted by Gasteiger charge is -2.22. The van der Waals surface area contributed by atoms with Crippen molar-refractivity contribution in [2.45, 2.75) is 51.2 Å². The molecule has 2 atom stereocenters. The number of aromatic nitrogens is 2. The molecule has 0 bridgehead atoms. The molecule has 28 heavy (non-hydrogen) atoms. The first kappa shape index (κ1) is 22.4. The molecule has 1 aliphatic rings. The molecule has 7 heteroatoms. The lowest BCUT2D eigenvalue weighted by molar-refractivity contribution is 0.0910. The summed E-state index contributed by atoms with van der Waals surface area (Å²) in [5, 5.41) is 20.9. The third kappa shape index (κ3) is 5.56. The van der Waals surface area contributed by atoms with E-state index in [0.29, 0.717) is 11.7 Å². The number of hydrogen-bond acceptors (Lipinski definition) is 4. The van der Waals surface area contributed by atoms with Crippen LogP contribution in [0.1, 0.15) is 67.4 Å². The van der Waals surface area contributed by atoms with Crippen molar-refractivity contribution >= 4 is 18.3 Å². The number of benzene rings is 1. The van der Waals surface area contributed by atoms with Gasteiger partial charge in [-0.2, -0.15) is 5.10 Å². The maximum absolute atomic E-state index is 12.3. The van der Waals surface area contributed by atoms with E-state index in [4.69, 9.17) is 0 Å². The minimum absolute atomic E-state index is 0. The highest BCUT2D eigenvalue weighted by atomic mass is 35.5. The highest BCUT2D eigenvalue weighted by molar-refractivity contribution is 5.92. The Kier molecular flexibility index (Phi) is 7.63. The van der Waals surface area contributed by atoms with Crippen LogP contribution in [0.5, 0.6) is 0 Å². The number of aliphatic hydroxyl groups excluding tert-OH is 1. The van der Waals surface area contributed by atoms with Crippen molar-refractivity contribution in [2.24, 2.45) is 0 Å². The molecule has 0 radical (unpaired) electrons. The minimum atomic E-state index is -0.743. The third-order valence-electron chi connectivity index (χ3n) is 5.10. The second-order valence-electron chi connectivity index (χ2n) is 8.28. The Morgan fingerprint density at radius 3 is 2.64 bits per heavy atom. The normalized spacial score (nSPS) is 18.2. The summed E-state index contributed by atoms with van der Waals surface area (Å²) in [6, 6.07) is 9.92. The number of rotatable bonds is 5. The van der Waals surface area contributed by atoms with Crippen molar-refractivity contribution in [3.05, 3.63) is 53.3 Å². The number of piperidine rings is 1. The van der Waals surface area contributed by atoms with Gasteiger partial charge in [-0.25, -0.2) is 0 Å². The highest BCUT2D eigenvalue weighted by Crippen LogP contribution is 2.24. The van der Waals surface area contributed by atoms with E-state index in [1.54, 1.807) is 6.07 Å². The van der Waals surface area contributed by atoms with Crippen LogP contribution in [0.15, 0.2) is 36.5 Å². The first-order chi connectivity index (χ1) is 12.8. The monoisotopic (exact) mass is 406 g/mol. The lowest BCUT2D eigenvalue weighted by Crippen LogP contribution is -2.32. The minimum Gasteiger partial charge on any atom is -0.387 e. The van der Waals surface area contributed by atoms with E-state index >= 15 is 0 Å². The van der Waals surface area contributed by atoms with Crippen molar-refractivity contribution in [3.8, 4) is 0 Å². The van der Waals surface area contributed by atoms with Gasteiger partial charge in [-0.15, -0.1) is 12.4 Å². The van der Waals surface area contributed by atoms with E-state index in [9.17, 15) is 9.90 Å². The summed E-state index contributed by atoms with van der Waals surface area (Å²) in [4.78, 5) is 12.3. The van der Waals surface area contributed by atoms with Gasteiger partial charge in [-0.3, -0.25) is 9.48 Å². The largest absolute Gasteiger partial charge is 0.387 e. The second kappa shape index (κ2) is 9.54. The van der Waals surface area contributed by atoms with Gasteiger partial charge >= 0.3 is 0 Å². The molecule has 0 spiro atoms. The fraction of sp³-hybridized carbons (Fsp3) is 0.524. The Morgan fingerprint density at radius 1 is 1.32 bits per heavy atom. The molecular formula is C21H31ClN4O2. The number of nitrogens with zero attached hydrogens (tertiary/aromatic N) is 2. The van der Waals surface area contributed by atoms with Crippen LogP contribution in [0.3, 0.4) is 0 Å². The van der Waals surface area contributed by atoms with Gasteiger partial charge in [0, 0.05) is 19.3 Å². The first-order valence-electron chi connectivity index (χ1n) is 9.67. The van der Waals surface area contributed by atoms with E-state index in [1.807, 2.05) is 35.1 Å². The van der Waals surface area contributed by atoms with Crippen LogP contribution in [-0.2, 0) is 5.41 Å². The van der Waals surface area contributed by atoms with Crippen LogP contribution >= 0.6 is 12.4 Å². The highest BCUT2D eigenvalue weighted by Gasteiger charge is 2.19. The molecule has 1 aromatic heterocycles. The fourth-order valence-electron chi connectivity index (χ4n) is 3.32. The molecular weight excluding hydrogens is 376 g/mol. The second-order valence-corrected chi connectivity index (χ2v) is 8.28. The molecule has 2 unspecified atom stereocenters. The zero-order valence-corrected chi connectivity index (χ0v) is 17.6. The van der Waals surface area contributed by atoms with E-state index < -0.39 is 6.10 Å². The van der Waals surface area contributed by atoms with Gasteiger partial charge in [0.25, 0.3) is 5.91 Å². The molecule has 3 N–H and O–H groups in total. The van der Waals surface area contributed by atoms with Crippen LogP contribution in [0.4, 0.5) is 0 Å². The third-order valence-corrected chi connectivity index (χ3v) is 5.10. The lowest BCUT2D eigenvalue weighted by atomic mass is 9.86. The zero-order chi connectivity index (χ0) is 19.4. The number of carbonyl (C=O) groups is 1. The molecule has 1 fully saturated rings. The summed E-state index contributed by atoms with van der Waals surface area (Å²) < 4.78 is 1.86. The molecule has 1 amide bonds. The zero-order valence-electron chi connectivity index (χ0n) is 16.8. The van der Waals surface area contributed by atoms with Gasteiger partial charge < -0.3 is 15.7 Å². The van der Waals surface area contributed by atoms with Gasteiger partial charge in [0.05, 0.1) is 12.1 Å².